The van der Waals surface area contributed by atoms with Crippen LogP contribution in [0.1, 0.15) is 16.7 Å². The predicted octanol–water partition coefficient (Wildman–Crippen LogP) is 4.03. The van der Waals surface area contributed by atoms with Crippen molar-refractivity contribution in [3.05, 3.63) is 57.9 Å². The molecule has 33 heavy (non-hydrogen) atoms. The summed E-state index contributed by atoms with van der Waals surface area (Å²) in [5.74, 6) is 2.47. The second kappa shape index (κ2) is 10.1. The molecule has 0 N–H and O–H groups in total. The Kier molecular flexibility index (Phi) is 7.17. The number of benzene rings is 2. The number of ether oxygens (including phenoxy) is 2. The minimum atomic E-state index is 0.710. The molecule has 0 unspecified atom stereocenters. The fourth-order valence-corrected chi connectivity index (χ4v) is 4.43. The van der Waals surface area contributed by atoms with Gasteiger partial charge < -0.3 is 14.0 Å². The molecule has 1 aliphatic heterocycles. The molecule has 176 valence electrons. The minimum absolute atomic E-state index is 0.710. The molecular formula is C25H33N5O2S. The van der Waals surface area contributed by atoms with E-state index in [9.17, 15) is 0 Å². The lowest BCUT2D eigenvalue weighted by molar-refractivity contribution is 0.0979. The van der Waals surface area contributed by atoms with E-state index >= 15 is 0 Å². The summed E-state index contributed by atoms with van der Waals surface area (Å²) in [5.41, 5.74) is 4.82. The van der Waals surface area contributed by atoms with E-state index in [2.05, 4.69) is 60.0 Å². The van der Waals surface area contributed by atoms with Crippen molar-refractivity contribution < 1.29 is 9.47 Å². The van der Waals surface area contributed by atoms with Crippen LogP contribution in [-0.4, -0.2) is 64.5 Å². The molecule has 0 radical (unpaired) electrons. The summed E-state index contributed by atoms with van der Waals surface area (Å²) < 4.78 is 15.6. The SMILES string of the molecule is COc1cc(C)c(CN2CCN(Cn3nc(-c4ccc(C)cc4)n(C)c3=S)CC2)cc1OC. The number of nitrogens with zero attached hydrogens (tertiary/aromatic N) is 5. The van der Waals surface area contributed by atoms with Crippen LogP contribution in [0.15, 0.2) is 36.4 Å². The van der Waals surface area contributed by atoms with Crippen LogP contribution < -0.4 is 9.47 Å². The van der Waals surface area contributed by atoms with Crippen molar-refractivity contribution in [3.8, 4) is 22.9 Å². The van der Waals surface area contributed by atoms with Crippen molar-refractivity contribution >= 4 is 12.2 Å². The largest absolute Gasteiger partial charge is 0.493 e. The Morgan fingerprint density at radius 2 is 1.52 bits per heavy atom. The summed E-state index contributed by atoms with van der Waals surface area (Å²) in [6, 6.07) is 12.6. The zero-order valence-electron chi connectivity index (χ0n) is 20.2. The number of aromatic nitrogens is 3. The molecule has 0 atom stereocenters. The summed E-state index contributed by atoms with van der Waals surface area (Å²) in [7, 11) is 5.35. The highest BCUT2D eigenvalue weighted by Gasteiger charge is 2.20. The number of hydrogen-bond acceptors (Lipinski definition) is 6. The highest BCUT2D eigenvalue weighted by atomic mass is 32.1. The lowest BCUT2D eigenvalue weighted by Crippen LogP contribution is -2.46. The summed E-state index contributed by atoms with van der Waals surface area (Å²) in [6.07, 6.45) is 0. The second-order valence-electron chi connectivity index (χ2n) is 8.70. The average Bonchev–Trinajstić information content (AvgIpc) is 3.10. The van der Waals surface area contributed by atoms with Gasteiger partial charge >= 0.3 is 0 Å². The van der Waals surface area contributed by atoms with Crippen LogP contribution in [0.2, 0.25) is 0 Å². The van der Waals surface area contributed by atoms with E-state index in [4.69, 9.17) is 26.8 Å². The highest BCUT2D eigenvalue weighted by Crippen LogP contribution is 2.31. The lowest BCUT2D eigenvalue weighted by atomic mass is 10.1. The van der Waals surface area contributed by atoms with Gasteiger partial charge in [-0.3, -0.25) is 9.80 Å². The van der Waals surface area contributed by atoms with Gasteiger partial charge in [-0.15, -0.1) is 0 Å². The molecule has 0 saturated carbocycles. The molecule has 0 spiro atoms. The normalized spacial score (nSPS) is 15.1. The molecule has 2 aromatic carbocycles. The van der Waals surface area contributed by atoms with E-state index in [1.165, 1.54) is 16.7 Å². The summed E-state index contributed by atoms with van der Waals surface area (Å²) >= 11 is 5.68. The van der Waals surface area contributed by atoms with Gasteiger partial charge in [-0.25, -0.2) is 4.68 Å². The van der Waals surface area contributed by atoms with Crippen molar-refractivity contribution in [2.24, 2.45) is 7.05 Å². The Hall–Kier alpha value is -2.68. The molecule has 1 aromatic heterocycles. The van der Waals surface area contributed by atoms with Crippen LogP contribution in [0.5, 0.6) is 11.5 Å². The Labute approximate surface area is 201 Å². The van der Waals surface area contributed by atoms with Crippen molar-refractivity contribution in [3.63, 3.8) is 0 Å². The number of piperazine rings is 1. The summed E-state index contributed by atoms with van der Waals surface area (Å²) in [6.45, 7) is 9.78. The molecule has 0 aliphatic carbocycles. The lowest BCUT2D eigenvalue weighted by Gasteiger charge is -2.34. The maximum atomic E-state index is 5.68. The Balaban J connectivity index is 1.39. The zero-order valence-corrected chi connectivity index (χ0v) is 21.0. The van der Waals surface area contributed by atoms with Crippen LogP contribution >= 0.6 is 12.2 Å². The van der Waals surface area contributed by atoms with Crippen molar-refractivity contribution in [1.82, 2.24) is 24.1 Å². The maximum absolute atomic E-state index is 5.68. The highest BCUT2D eigenvalue weighted by molar-refractivity contribution is 7.71. The predicted molar refractivity (Wildman–Crippen MR) is 133 cm³/mol. The third-order valence-corrected chi connectivity index (χ3v) is 6.87. The van der Waals surface area contributed by atoms with Gasteiger partial charge in [0.25, 0.3) is 0 Å². The van der Waals surface area contributed by atoms with Gasteiger partial charge in [0.1, 0.15) is 0 Å². The van der Waals surface area contributed by atoms with Gasteiger partial charge in [0.2, 0.25) is 0 Å². The molecule has 1 fully saturated rings. The van der Waals surface area contributed by atoms with E-state index < -0.39 is 0 Å². The van der Waals surface area contributed by atoms with E-state index in [1.54, 1.807) is 14.2 Å². The van der Waals surface area contributed by atoms with E-state index in [-0.39, 0.29) is 0 Å². The van der Waals surface area contributed by atoms with Crippen molar-refractivity contribution in [1.29, 1.82) is 0 Å². The van der Waals surface area contributed by atoms with Crippen molar-refractivity contribution in [2.75, 3.05) is 40.4 Å². The van der Waals surface area contributed by atoms with Crippen LogP contribution in [-0.2, 0) is 20.3 Å². The number of aryl methyl sites for hydroxylation is 2. The van der Waals surface area contributed by atoms with Crippen LogP contribution in [0, 0.1) is 18.6 Å². The molecule has 0 amide bonds. The standard InChI is InChI=1S/C25H33N5O2S/c1-18-6-8-20(9-7-18)24-26-30(25(33)27(24)3)17-29-12-10-28(11-13-29)16-21-15-23(32-5)22(31-4)14-19(21)2/h6-9,14-15H,10-13,16-17H2,1-5H3. The minimum Gasteiger partial charge on any atom is -0.493 e. The molecule has 1 saturated heterocycles. The van der Waals surface area contributed by atoms with Gasteiger partial charge in [0, 0.05) is 45.3 Å². The molecule has 2 heterocycles. The Bertz CT molecular complexity index is 1160. The average molecular weight is 468 g/mol. The number of hydrogen-bond donors (Lipinski definition) is 0. The molecule has 4 rings (SSSR count). The quantitative estimate of drug-likeness (QED) is 0.489. The molecule has 8 heteroatoms. The molecule has 0 bridgehead atoms. The zero-order chi connectivity index (χ0) is 23.5. The first-order valence-corrected chi connectivity index (χ1v) is 11.7. The maximum Gasteiger partial charge on any atom is 0.199 e. The van der Waals surface area contributed by atoms with Crippen LogP contribution in [0.3, 0.4) is 0 Å². The number of rotatable bonds is 7. The van der Waals surface area contributed by atoms with E-state index in [1.807, 2.05) is 16.3 Å². The fraction of sp³-hybridized carbons (Fsp3) is 0.440. The third-order valence-electron chi connectivity index (χ3n) is 6.39. The van der Waals surface area contributed by atoms with Gasteiger partial charge in [-0.2, -0.15) is 5.10 Å². The Morgan fingerprint density at radius 3 is 2.15 bits per heavy atom. The monoisotopic (exact) mass is 467 g/mol. The van der Waals surface area contributed by atoms with E-state index in [0.29, 0.717) is 6.67 Å². The number of methoxy groups -OCH3 is 2. The van der Waals surface area contributed by atoms with Gasteiger partial charge in [0.05, 0.1) is 20.9 Å². The van der Waals surface area contributed by atoms with E-state index in [0.717, 1.165) is 60.4 Å². The first-order valence-electron chi connectivity index (χ1n) is 11.3. The second-order valence-corrected chi connectivity index (χ2v) is 9.07. The molecule has 1 aliphatic rings. The summed E-state index contributed by atoms with van der Waals surface area (Å²) in [4.78, 5) is 4.90. The third kappa shape index (κ3) is 5.13. The fourth-order valence-electron chi connectivity index (χ4n) is 4.25. The van der Waals surface area contributed by atoms with Gasteiger partial charge in [-0.1, -0.05) is 29.8 Å². The van der Waals surface area contributed by atoms with Crippen molar-refractivity contribution in [2.45, 2.75) is 27.1 Å². The smallest absolute Gasteiger partial charge is 0.199 e. The van der Waals surface area contributed by atoms with Gasteiger partial charge in [-0.05, 0) is 49.3 Å². The first-order chi connectivity index (χ1) is 15.9. The summed E-state index contributed by atoms with van der Waals surface area (Å²) in [5, 5.41) is 4.83. The molecule has 7 nitrogen and oxygen atoms in total. The first kappa shape index (κ1) is 23.5. The Morgan fingerprint density at radius 1 is 0.909 bits per heavy atom. The molecule has 3 aromatic rings. The van der Waals surface area contributed by atoms with Crippen LogP contribution in [0.4, 0.5) is 0 Å². The topological polar surface area (TPSA) is 47.7 Å². The van der Waals surface area contributed by atoms with Gasteiger partial charge in [0.15, 0.2) is 22.1 Å². The molecular weight excluding hydrogens is 434 g/mol. The van der Waals surface area contributed by atoms with Crippen LogP contribution in [0.25, 0.3) is 11.4 Å².